The number of pyridine rings is 2. The highest BCUT2D eigenvalue weighted by Gasteiger charge is 2.43. The molecule has 1 amide bonds. The SMILES string of the molecule is O=C(N[C@]1(c2ccc(C(F)(F)F)cc2)CCOc2cccnc21)c1ccc2cccnc2c1. The first-order valence-electron chi connectivity index (χ1n) is 10.3. The van der Waals surface area contributed by atoms with E-state index in [1.54, 1.807) is 42.7 Å². The molecule has 1 aliphatic heterocycles. The molecule has 1 atom stereocenters. The molecule has 0 saturated carbocycles. The summed E-state index contributed by atoms with van der Waals surface area (Å²) in [4.78, 5) is 22.1. The van der Waals surface area contributed by atoms with Crippen LogP contribution in [0.5, 0.6) is 5.75 Å². The standard InChI is InChI=1S/C25H18F3N3O2/c26-25(27,28)19-9-7-18(8-10-19)24(11-14-33-21-4-2-13-30-22(21)24)31-23(32)17-6-5-16-3-1-12-29-20(16)15-17/h1-10,12-13,15H,11,14H2,(H,31,32)/t24-/m0/s1. The van der Waals surface area contributed by atoms with Crippen LogP contribution in [0.15, 0.2) is 79.1 Å². The fourth-order valence-electron chi connectivity index (χ4n) is 4.15. The van der Waals surface area contributed by atoms with Gasteiger partial charge in [-0.1, -0.05) is 24.3 Å². The van der Waals surface area contributed by atoms with Gasteiger partial charge in [0.2, 0.25) is 0 Å². The molecule has 2 aromatic heterocycles. The molecular weight excluding hydrogens is 431 g/mol. The van der Waals surface area contributed by atoms with Crippen LogP contribution in [0.4, 0.5) is 13.2 Å². The maximum atomic E-state index is 13.4. The van der Waals surface area contributed by atoms with Gasteiger partial charge in [-0.3, -0.25) is 14.8 Å². The van der Waals surface area contributed by atoms with E-state index in [1.165, 1.54) is 12.1 Å². The van der Waals surface area contributed by atoms with Crippen molar-refractivity contribution in [3.63, 3.8) is 0 Å². The van der Waals surface area contributed by atoms with E-state index in [1.807, 2.05) is 12.1 Å². The molecule has 0 bridgehead atoms. The molecule has 1 aliphatic rings. The van der Waals surface area contributed by atoms with Gasteiger partial charge in [0.25, 0.3) is 5.91 Å². The van der Waals surface area contributed by atoms with Gasteiger partial charge >= 0.3 is 6.18 Å². The number of nitrogens with zero attached hydrogens (tertiary/aromatic N) is 2. The summed E-state index contributed by atoms with van der Waals surface area (Å²) in [6, 6.07) is 17.1. The van der Waals surface area contributed by atoms with Crippen molar-refractivity contribution in [2.45, 2.75) is 18.1 Å². The third kappa shape index (κ3) is 3.77. The molecule has 5 rings (SSSR count). The number of hydrogen-bond donors (Lipinski definition) is 1. The molecule has 33 heavy (non-hydrogen) atoms. The number of hydrogen-bond acceptors (Lipinski definition) is 4. The second kappa shape index (κ2) is 7.88. The maximum Gasteiger partial charge on any atom is 0.416 e. The van der Waals surface area contributed by atoms with E-state index in [0.717, 1.165) is 17.5 Å². The van der Waals surface area contributed by atoms with Crippen LogP contribution in [0, 0.1) is 0 Å². The molecule has 0 fully saturated rings. The first-order chi connectivity index (χ1) is 15.9. The van der Waals surface area contributed by atoms with Crippen LogP contribution in [0.2, 0.25) is 0 Å². The predicted molar refractivity (Wildman–Crippen MR) is 116 cm³/mol. The summed E-state index contributed by atoms with van der Waals surface area (Å²) in [5.74, 6) is 0.0880. The van der Waals surface area contributed by atoms with Gasteiger partial charge in [-0.15, -0.1) is 0 Å². The molecule has 0 spiro atoms. The fraction of sp³-hybridized carbons (Fsp3) is 0.160. The van der Waals surface area contributed by atoms with E-state index in [2.05, 4.69) is 15.3 Å². The molecule has 0 saturated heterocycles. The molecule has 0 aliphatic carbocycles. The van der Waals surface area contributed by atoms with E-state index in [9.17, 15) is 18.0 Å². The quantitative estimate of drug-likeness (QED) is 0.473. The first-order valence-corrected chi connectivity index (χ1v) is 10.3. The van der Waals surface area contributed by atoms with E-state index in [4.69, 9.17) is 4.74 Å². The van der Waals surface area contributed by atoms with Crippen molar-refractivity contribution in [3.05, 3.63) is 102 Å². The normalized spacial score (nSPS) is 17.8. The number of benzene rings is 2. The Morgan fingerprint density at radius 1 is 0.970 bits per heavy atom. The smallest absolute Gasteiger partial charge is 0.416 e. The Bertz CT molecular complexity index is 1340. The van der Waals surface area contributed by atoms with Crippen molar-refractivity contribution in [1.29, 1.82) is 0 Å². The second-order valence-corrected chi connectivity index (χ2v) is 7.79. The van der Waals surface area contributed by atoms with E-state index in [0.29, 0.717) is 34.5 Å². The maximum absolute atomic E-state index is 13.4. The minimum atomic E-state index is -4.46. The van der Waals surface area contributed by atoms with Gasteiger partial charge in [-0.2, -0.15) is 13.2 Å². The fourth-order valence-corrected chi connectivity index (χ4v) is 4.15. The van der Waals surface area contributed by atoms with Crippen LogP contribution in [0.3, 0.4) is 0 Å². The van der Waals surface area contributed by atoms with Crippen molar-refractivity contribution < 1.29 is 22.7 Å². The zero-order chi connectivity index (χ0) is 23.1. The molecule has 1 N–H and O–H groups in total. The van der Waals surface area contributed by atoms with Gasteiger partial charge in [0.15, 0.2) is 0 Å². The number of aromatic nitrogens is 2. The molecule has 3 heterocycles. The van der Waals surface area contributed by atoms with Gasteiger partial charge in [-0.05, 0) is 48.0 Å². The monoisotopic (exact) mass is 449 g/mol. The highest BCUT2D eigenvalue weighted by atomic mass is 19.4. The van der Waals surface area contributed by atoms with E-state index in [-0.39, 0.29) is 12.5 Å². The summed E-state index contributed by atoms with van der Waals surface area (Å²) < 4.78 is 45.2. The van der Waals surface area contributed by atoms with Crippen LogP contribution in [0.25, 0.3) is 10.9 Å². The predicted octanol–water partition coefficient (Wildman–Crippen LogP) is 5.10. The van der Waals surface area contributed by atoms with Gasteiger partial charge in [0.1, 0.15) is 17.0 Å². The van der Waals surface area contributed by atoms with Crippen LogP contribution >= 0.6 is 0 Å². The first kappa shape index (κ1) is 20.9. The lowest BCUT2D eigenvalue weighted by atomic mass is 9.80. The van der Waals surface area contributed by atoms with Gasteiger partial charge < -0.3 is 10.1 Å². The lowest BCUT2D eigenvalue weighted by Crippen LogP contribution is -2.50. The average molecular weight is 449 g/mol. The number of halogens is 3. The van der Waals surface area contributed by atoms with Gasteiger partial charge in [0, 0.05) is 29.8 Å². The molecular formula is C25H18F3N3O2. The third-order valence-corrected chi connectivity index (χ3v) is 5.81. The largest absolute Gasteiger partial charge is 0.491 e. The van der Waals surface area contributed by atoms with Crippen LogP contribution in [0.1, 0.15) is 33.6 Å². The summed E-state index contributed by atoms with van der Waals surface area (Å²) in [6.45, 7) is 0.263. The van der Waals surface area contributed by atoms with Crippen LogP contribution in [-0.2, 0) is 11.7 Å². The lowest BCUT2D eigenvalue weighted by Gasteiger charge is -2.39. The molecule has 0 radical (unpaired) electrons. The number of ether oxygens (including phenoxy) is 1. The molecule has 2 aromatic carbocycles. The summed E-state index contributed by atoms with van der Waals surface area (Å²) in [6.07, 6.45) is -0.941. The number of rotatable bonds is 3. The molecule has 4 aromatic rings. The van der Waals surface area contributed by atoms with E-state index < -0.39 is 17.3 Å². The Morgan fingerprint density at radius 3 is 2.52 bits per heavy atom. The second-order valence-electron chi connectivity index (χ2n) is 7.79. The zero-order valence-corrected chi connectivity index (χ0v) is 17.3. The van der Waals surface area contributed by atoms with Crippen molar-refractivity contribution in [2.24, 2.45) is 0 Å². The molecule has 0 unspecified atom stereocenters. The summed E-state index contributed by atoms with van der Waals surface area (Å²) >= 11 is 0. The van der Waals surface area contributed by atoms with Crippen molar-refractivity contribution in [2.75, 3.05) is 6.61 Å². The number of carbonyl (C=O) groups excluding carboxylic acids is 1. The Labute approximate surface area is 187 Å². The molecule has 166 valence electrons. The molecule has 8 heteroatoms. The zero-order valence-electron chi connectivity index (χ0n) is 17.3. The number of nitrogens with one attached hydrogen (secondary N) is 1. The van der Waals surface area contributed by atoms with Crippen LogP contribution < -0.4 is 10.1 Å². The topological polar surface area (TPSA) is 64.1 Å². The minimum absolute atomic E-state index is 0.263. The Hall–Kier alpha value is -3.94. The van der Waals surface area contributed by atoms with Crippen molar-refractivity contribution in [1.82, 2.24) is 15.3 Å². The van der Waals surface area contributed by atoms with Crippen molar-refractivity contribution in [3.8, 4) is 5.75 Å². The van der Waals surface area contributed by atoms with Gasteiger partial charge in [-0.25, -0.2) is 0 Å². The minimum Gasteiger partial charge on any atom is -0.491 e. The third-order valence-electron chi connectivity index (χ3n) is 5.81. The Balaban J connectivity index is 1.60. The summed E-state index contributed by atoms with van der Waals surface area (Å²) in [7, 11) is 0. The highest BCUT2D eigenvalue weighted by molar-refractivity contribution is 5.98. The number of fused-ring (bicyclic) bond motifs is 2. The van der Waals surface area contributed by atoms with E-state index >= 15 is 0 Å². The number of amides is 1. The lowest BCUT2D eigenvalue weighted by molar-refractivity contribution is -0.137. The average Bonchev–Trinajstić information content (AvgIpc) is 2.83. The van der Waals surface area contributed by atoms with Crippen LogP contribution in [-0.4, -0.2) is 22.5 Å². The number of alkyl halides is 3. The Morgan fingerprint density at radius 2 is 1.73 bits per heavy atom. The molecule has 5 nitrogen and oxygen atoms in total. The Kier molecular flexibility index (Phi) is 5.00. The van der Waals surface area contributed by atoms with Crippen molar-refractivity contribution >= 4 is 16.8 Å². The summed E-state index contributed by atoms with van der Waals surface area (Å²) in [5.41, 5.74) is 0.0707. The summed E-state index contributed by atoms with van der Waals surface area (Å²) in [5, 5.41) is 3.95. The highest BCUT2D eigenvalue weighted by Crippen LogP contribution is 2.41. The van der Waals surface area contributed by atoms with Gasteiger partial charge in [0.05, 0.1) is 17.7 Å². The number of carbonyl (C=O) groups is 1.